The summed E-state index contributed by atoms with van der Waals surface area (Å²) in [4.78, 5) is 18.2. The normalized spacial score (nSPS) is 21.8. The van der Waals surface area contributed by atoms with Crippen LogP contribution in [0.25, 0.3) is 0 Å². The molecule has 0 spiro atoms. The first-order valence-electron chi connectivity index (χ1n) is 7.33. The van der Waals surface area contributed by atoms with E-state index in [-0.39, 0.29) is 17.8 Å². The number of methoxy groups -OCH3 is 1. The molecule has 0 amide bonds. The number of nitrogens with zero attached hydrogens (tertiary/aromatic N) is 2. The van der Waals surface area contributed by atoms with Gasteiger partial charge in [-0.2, -0.15) is 0 Å². The molecule has 2 rings (SSSR count). The summed E-state index contributed by atoms with van der Waals surface area (Å²) in [6, 6.07) is 7.71. The van der Waals surface area contributed by atoms with Gasteiger partial charge < -0.3 is 15.0 Å². The third-order valence-electron chi connectivity index (χ3n) is 4.02. The van der Waals surface area contributed by atoms with Crippen LogP contribution in [0.3, 0.4) is 0 Å². The molecule has 0 aromatic heterocycles. The van der Waals surface area contributed by atoms with Crippen LogP contribution in [0.5, 0.6) is 0 Å². The third-order valence-corrected chi connectivity index (χ3v) is 4.39. The number of ether oxygens (including phenoxy) is 1. The number of carbonyl (C=O) groups excluding carboxylic acids is 1. The predicted octanol–water partition coefficient (Wildman–Crippen LogP) is 2.16. The molecule has 0 saturated carbocycles. The molecule has 1 fully saturated rings. The first-order chi connectivity index (χ1) is 10.6. The predicted molar refractivity (Wildman–Crippen MR) is 87.9 cm³/mol. The summed E-state index contributed by atoms with van der Waals surface area (Å²) < 4.78 is 4.87. The maximum atomic E-state index is 11.8. The monoisotopic (exact) mass is 323 g/mol. The molecule has 1 aliphatic heterocycles. The number of benzene rings is 1. The molecule has 6 heteroatoms. The summed E-state index contributed by atoms with van der Waals surface area (Å²) in [7, 11) is 3.17. The number of guanidine groups is 1. The summed E-state index contributed by atoms with van der Waals surface area (Å²) in [5.41, 5.74) is 1.02. The standard InChI is InChI=1S/C16H22ClN3O2/c1-11-9-20(10-13(11)15(21)22-3)16(18-2)19-8-12-6-4-5-7-14(12)17/h4-7,11,13H,8-10H2,1-3H3,(H,18,19). The fourth-order valence-electron chi connectivity index (χ4n) is 2.75. The van der Waals surface area contributed by atoms with Crippen molar-refractivity contribution in [3.63, 3.8) is 0 Å². The lowest BCUT2D eigenvalue weighted by Gasteiger charge is -2.21. The van der Waals surface area contributed by atoms with Gasteiger partial charge >= 0.3 is 5.97 Å². The van der Waals surface area contributed by atoms with Gasteiger partial charge in [0.05, 0.1) is 13.0 Å². The van der Waals surface area contributed by atoms with Gasteiger partial charge in [0, 0.05) is 31.7 Å². The van der Waals surface area contributed by atoms with Crippen LogP contribution in [-0.4, -0.2) is 44.1 Å². The molecule has 1 aromatic rings. The first kappa shape index (κ1) is 16.6. The van der Waals surface area contributed by atoms with Crippen LogP contribution in [0.1, 0.15) is 12.5 Å². The molecule has 1 aliphatic rings. The minimum atomic E-state index is -0.156. The average molecular weight is 324 g/mol. The molecule has 2 unspecified atom stereocenters. The Balaban J connectivity index is 1.99. The van der Waals surface area contributed by atoms with Crippen molar-refractivity contribution >= 4 is 23.5 Å². The largest absolute Gasteiger partial charge is 0.469 e. The van der Waals surface area contributed by atoms with Crippen LogP contribution in [0, 0.1) is 11.8 Å². The number of esters is 1. The van der Waals surface area contributed by atoms with E-state index in [9.17, 15) is 4.79 Å². The number of hydrogen-bond acceptors (Lipinski definition) is 3. The summed E-state index contributed by atoms with van der Waals surface area (Å²) in [6.45, 7) is 4.06. The maximum Gasteiger partial charge on any atom is 0.310 e. The lowest BCUT2D eigenvalue weighted by molar-refractivity contribution is -0.145. The molecule has 0 bridgehead atoms. The Morgan fingerprint density at radius 1 is 1.45 bits per heavy atom. The Hall–Kier alpha value is -1.75. The minimum Gasteiger partial charge on any atom is -0.469 e. The van der Waals surface area contributed by atoms with Gasteiger partial charge in [-0.25, -0.2) is 0 Å². The zero-order chi connectivity index (χ0) is 16.1. The second-order valence-electron chi connectivity index (χ2n) is 5.50. The molecule has 0 radical (unpaired) electrons. The van der Waals surface area contributed by atoms with E-state index < -0.39 is 0 Å². The van der Waals surface area contributed by atoms with Crippen LogP contribution < -0.4 is 5.32 Å². The Labute approximate surface area is 136 Å². The van der Waals surface area contributed by atoms with E-state index in [1.807, 2.05) is 24.3 Å². The number of nitrogens with one attached hydrogen (secondary N) is 1. The number of likely N-dealkylation sites (tertiary alicyclic amines) is 1. The Kier molecular flexibility index (Phi) is 5.66. The quantitative estimate of drug-likeness (QED) is 0.526. The number of halogens is 1. The lowest BCUT2D eigenvalue weighted by atomic mass is 9.99. The number of aliphatic imine (C=N–C) groups is 1. The van der Waals surface area contributed by atoms with Gasteiger partial charge in [-0.3, -0.25) is 9.79 Å². The van der Waals surface area contributed by atoms with E-state index in [0.717, 1.165) is 23.1 Å². The highest BCUT2D eigenvalue weighted by molar-refractivity contribution is 6.31. The van der Waals surface area contributed by atoms with E-state index in [1.165, 1.54) is 7.11 Å². The minimum absolute atomic E-state index is 0.108. The summed E-state index contributed by atoms with van der Waals surface area (Å²) in [5, 5.41) is 4.04. The van der Waals surface area contributed by atoms with Gasteiger partial charge in [-0.1, -0.05) is 36.7 Å². The second kappa shape index (κ2) is 7.49. The molecule has 5 nitrogen and oxygen atoms in total. The molecule has 2 atom stereocenters. The highest BCUT2D eigenvalue weighted by atomic mass is 35.5. The van der Waals surface area contributed by atoms with Crippen molar-refractivity contribution in [3.8, 4) is 0 Å². The van der Waals surface area contributed by atoms with Crippen LogP contribution >= 0.6 is 11.6 Å². The highest BCUT2D eigenvalue weighted by Gasteiger charge is 2.36. The van der Waals surface area contributed by atoms with Gasteiger partial charge in [0.25, 0.3) is 0 Å². The number of rotatable bonds is 3. The van der Waals surface area contributed by atoms with Crippen LogP contribution in [0.15, 0.2) is 29.3 Å². The fraction of sp³-hybridized carbons (Fsp3) is 0.500. The van der Waals surface area contributed by atoms with Crippen molar-refractivity contribution in [2.75, 3.05) is 27.2 Å². The molecule has 1 aromatic carbocycles. The zero-order valence-electron chi connectivity index (χ0n) is 13.2. The van der Waals surface area contributed by atoms with E-state index in [0.29, 0.717) is 13.1 Å². The van der Waals surface area contributed by atoms with Crippen LogP contribution in [0.2, 0.25) is 5.02 Å². The first-order valence-corrected chi connectivity index (χ1v) is 7.71. The Morgan fingerprint density at radius 2 is 2.18 bits per heavy atom. The molecule has 22 heavy (non-hydrogen) atoms. The SMILES string of the molecule is CN=C(NCc1ccccc1Cl)N1CC(C)C(C(=O)OC)C1. The summed E-state index contributed by atoms with van der Waals surface area (Å²) >= 11 is 6.16. The zero-order valence-corrected chi connectivity index (χ0v) is 13.9. The number of carbonyl (C=O) groups is 1. The van der Waals surface area contributed by atoms with Crippen LogP contribution in [-0.2, 0) is 16.1 Å². The van der Waals surface area contributed by atoms with E-state index >= 15 is 0 Å². The molecule has 1 heterocycles. The number of hydrogen-bond donors (Lipinski definition) is 1. The van der Waals surface area contributed by atoms with Crippen molar-refractivity contribution in [3.05, 3.63) is 34.9 Å². The molecule has 1 N–H and O–H groups in total. The Bertz CT molecular complexity index is 562. The van der Waals surface area contributed by atoms with Crippen molar-refractivity contribution in [1.29, 1.82) is 0 Å². The molecule has 0 aliphatic carbocycles. The van der Waals surface area contributed by atoms with Crippen molar-refractivity contribution < 1.29 is 9.53 Å². The van der Waals surface area contributed by atoms with E-state index in [2.05, 4.69) is 22.1 Å². The fourth-order valence-corrected chi connectivity index (χ4v) is 2.95. The van der Waals surface area contributed by atoms with Gasteiger partial charge in [-0.05, 0) is 17.5 Å². The van der Waals surface area contributed by atoms with Gasteiger partial charge in [0.1, 0.15) is 0 Å². The van der Waals surface area contributed by atoms with Gasteiger partial charge in [-0.15, -0.1) is 0 Å². The molecule has 1 saturated heterocycles. The smallest absolute Gasteiger partial charge is 0.310 e. The summed E-state index contributed by atoms with van der Waals surface area (Å²) in [5.74, 6) is 0.755. The van der Waals surface area contributed by atoms with Gasteiger partial charge in [0.15, 0.2) is 5.96 Å². The van der Waals surface area contributed by atoms with Gasteiger partial charge in [0.2, 0.25) is 0 Å². The lowest BCUT2D eigenvalue weighted by Crippen LogP contribution is -2.40. The third kappa shape index (κ3) is 3.71. The second-order valence-corrected chi connectivity index (χ2v) is 5.91. The molecular weight excluding hydrogens is 302 g/mol. The maximum absolute atomic E-state index is 11.8. The van der Waals surface area contributed by atoms with Crippen LogP contribution in [0.4, 0.5) is 0 Å². The topological polar surface area (TPSA) is 53.9 Å². The van der Waals surface area contributed by atoms with Crippen molar-refractivity contribution in [2.45, 2.75) is 13.5 Å². The highest BCUT2D eigenvalue weighted by Crippen LogP contribution is 2.24. The summed E-state index contributed by atoms with van der Waals surface area (Å²) in [6.07, 6.45) is 0. The van der Waals surface area contributed by atoms with E-state index in [4.69, 9.17) is 16.3 Å². The molecule has 120 valence electrons. The van der Waals surface area contributed by atoms with Crippen molar-refractivity contribution in [2.24, 2.45) is 16.8 Å². The molecular formula is C16H22ClN3O2. The Morgan fingerprint density at radius 3 is 2.82 bits per heavy atom. The van der Waals surface area contributed by atoms with E-state index in [1.54, 1.807) is 7.05 Å². The average Bonchev–Trinajstić information content (AvgIpc) is 2.90. The van der Waals surface area contributed by atoms with Crippen molar-refractivity contribution in [1.82, 2.24) is 10.2 Å².